The van der Waals surface area contributed by atoms with Gasteiger partial charge in [0.05, 0.1) is 11.6 Å². The standard InChI is InChI=1S/C31H35N2O3/c1-6-19-35-31(34)25-14-12-11-13-24(25)30-26-17-15-22(32(7-2)8-3)20-28(26)36-29-21-23(16-18-27(29)30)33(9-4)10-5/h6,11-18,20-21H,1,7-10,19H2,2-5H3/q+1. The molecule has 36 heavy (non-hydrogen) atoms. The highest BCUT2D eigenvalue weighted by molar-refractivity contribution is 6.08. The molecule has 0 saturated carbocycles. The Balaban J connectivity index is 2.08. The zero-order valence-corrected chi connectivity index (χ0v) is 21.7. The summed E-state index contributed by atoms with van der Waals surface area (Å²) in [4.78, 5) is 15.3. The highest BCUT2D eigenvalue weighted by Gasteiger charge is 2.23. The van der Waals surface area contributed by atoms with Crippen molar-refractivity contribution in [1.29, 1.82) is 0 Å². The molecule has 5 heteroatoms. The Morgan fingerprint density at radius 1 is 0.972 bits per heavy atom. The van der Waals surface area contributed by atoms with Crippen LogP contribution in [0.4, 0.5) is 5.69 Å². The van der Waals surface area contributed by atoms with Crippen LogP contribution in [0.3, 0.4) is 0 Å². The van der Waals surface area contributed by atoms with Gasteiger partial charge in [0.25, 0.3) is 0 Å². The molecule has 0 N–H and O–H groups in total. The maximum Gasteiger partial charge on any atom is 0.339 e. The molecule has 0 amide bonds. The van der Waals surface area contributed by atoms with Crippen LogP contribution in [0.25, 0.3) is 33.4 Å². The number of anilines is 1. The molecule has 0 aromatic heterocycles. The van der Waals surface area contributed by atoms with Gasteiger partial charge in [-0.15, -0.1) is 0 Å². The normalized spacial score (nSPS) is 11.0. The lowest BCUT2D eigenvalue weighted by Crippen LogP contribution is -2.29. The van der Waals surface area contributed by atoms with Gasteiger partial charge in [0.2, 0.25) is 5.36 Å². The van der Waals surface area contributed by atoms with Gasteiger partial charge in [-0.1, -0.05) is 30.9 Å². The molecule has 5 nitrogen and oxygen atoms in total. The molecule has 2 aromatic rings. The summed E-state index contributed by atoms with van der Waals surface area (Å²) in [5, 5.41) is 2.07. The van der Waals surface area contributed by atoms with Crippen LogP contribution in [0.1, 0.15) is 38.1 Å². The van der Waals surface area contributed by atoms with E-state index in [1.807, 2.05) is 24.3 Å². The van der Waals surface area contributed by atoms with Crippen molar-refractivity contribution in [2.75, 3.05) is 37.7 Å². The first-order valence-corrected chi connectivity index (χ1v) is 12.8. The third kappa shape index (κ3) is 4.78. The molecule has 0 fully saturated rings. The molecular formula is C31H35N2O3+. The van der Waals surface area contributed by atoms with Crippen molar-refractivity contribution < 1.29 is 13.9 Å². The maximum absolute atomic E-state index is 13.0. The number of rotatable bonds is 9. The number of hydrogen-bond donors (Lipinski definition) is 0. The van der Waals surface area contributed by atoms with Gasteiger partial charge >= 0.3 is 5.97 Å². The summed E-state index contributed by atoms with van der Waals surface area (Å²) in [6, 6.07) is 20.3. The largest absolute Gasteiger partial charge is 0.458 e. The number of ether oxygens (including phenoxy) is 1. The Bertz CT molecular complexity index is 1420. The van der Waals surface area contributed by atoms with Gasteiger partial charge in [-0.05, 0) is 57.5 Å². The zero-order valence-electron chi connectivity index (χ0n) is 21.7. The summed E-state index contributed by atoms with van der Waals surface area (Å²) >= 11 is 0. The van der Waals surface area contributed by atoms with Gasteiger partial charge in [-0.25, -0.2) is 9.37 Å². The molecule has 4 rings (SSSR count). The van der Waals surface area contributed by atoms with Crippen molar-refractivity contribution in [2.45, 2.75) is 27.7 Å². The predicted molar refractivity (Wildman–Crippen MR) is 149 cm³/mol. The van der Waals surface area contributed by atoms with Gasteiger partial charge < -0.3 is 14.1 Å². The molecule has 0 spiro atoms. The fourth-order valence-electron chi connectivity index (χ4n) is 4.82. The first-order chi connectivity index (χ1) is 17.6. The van der Waals surface area contributed by atoms with E-state index < -0.39 is 0 Å². The van der Waals surface area contributed by atoms with E-state index in [1.54, 1.807) is 6.08 Å². The molecule has 1 heterocycles. The van der Waals surface area contributed by atoms with E-state index >= 15 is 0 Å². The van der Waals surface area contributed by atoms with E-state index in [-0.39, 0.29) is 12.6 Å². The summed E-state index contributed by atoms with van der Waals surface area (Å²) in [6.45, 7) is 16.1. The first-order valence-electron chi connectivity index (χ1n) is 12.8. The lowest BCUT2D eigenvalue weighted by molar-refractivity contribution is 0.0550. The van der Waals surface area contributed by atoms with Gasteiger partial charge in [0.1, 0.15) is 31.0 Å². The molecule has 0 saturated heterocycles. The summed E-state index contributed by atoms with van der Waals surface area (Å²) in [6.07, 6.45) is 1.58. The minimum absolute atomic E-state index is 0.166. The molecule has 2 aromatic carbocycles. The van der Waals surface area contributed by atoms with E-state index in [1.165, 1.54) is 0 Å². The average Bonchev–Trinajstić information content (AvgIpc) is 2.91. The number of nitrogens with zero attached hydrogens (tertiary/aromatic N) is 2. The first kappa shape index (κ1) is 25.2. The number of carbonyl (C=O) groups is 1. The van der Waals surface area contributed by atoms with Crippen molar-refractivity contribution in [2.24, 2.45) is 0 Å². The molecule has 186 valence electrons. The summed E-state index contributed by atoms with van der Waals surface area (Å²) in [5.41, 5.74) is 5.16. The fourth-order valence-corrected chi connectivity index (χ4v) is 4.82. The van der Waals surface area contributed by atoms with Crippen LogP contribution in [0.2, 0.25) is 0 Å². The van der Waals surface area contributed by atoms with Crippen LogP contribution in [0, 0.1) is 0 Å². The maximum atomic E-state index is 13.0. The third-order valence-electron chi connectivity index (χ3n) is 6.69. The van der Waals surface area contributed by atoms with Crippen LogP contribution in [0.5, 0.6) is 0 Å². The smallest absolute Gasteiger partial charge is 0.339 e. The van der Waals surface area contributed by atoms with Crippen molar-refractivity contribution in [3.63, 3.8) is 0 Å². The number of benzene rings is 3. The van der Waals surface area contributed by atoms with Crippen LogP contribution in [0.15, 0.2) is 77.7 Å². The lowest BCUT2D eigenvalue weighted by atomic mass is 9.90. The van der Waals surface area contributed by atoms with Gasteiger partial charge in [-0.3, -0.25) is 0 Å². The Morgan fingerprint density at radius 2 is 1.72 bits per heavy atom. The van der Waals surface area contributed by atoms with Gasteiger partial charge in [0, 0.05) is 47.4 Å². The average molecular weight is 484 g/mol. The third-order valence-corrected chi connectivity index (χ3v) is 6.69. The van der Waals surface area contributed by atoms with Crippen LogP contribution < -0.4 is 14.8 Å². The molecule has 2 aliphatic rings. The molecular weight excluding hydrogens is 448 g/mol. The molecule has 0 radical (unpaired) electrons. The van der Waals surface area contributed by atoms with E-state index in [2.05, 4.69) is 80.1 Å². The van der Waals surface area contributed by atoms with Crippen molar-refractivity contribution >= 4 is 22.6 Å². The molecule has 0 unspecified atom stereocenters. The van der Waals surface area contributed by atoms with Gasteiger partial charge in [0.15, 0.2) is 0 Å². The number of carbonyl (C=O) groups excluding carboxylic acids is 1. The van der Waals surface area contributed by atoms with Crippen LogP contribution in [-0.4, -0.2) is 38.8 Å². The highest BCUT2D eigenvalue weighted by Crippen LogP contribution is 2.42. The van der Waals surface area contributed by atoms with E-state index in [0.717, 1.165) is 70.6 Å². The van der Waals surface area contributed by atoms with Crippen molar-refractivity contribution in [1.82, 2.24) is 4.58 Å². The Morgan fingerprint density at radius 3 is 2.42 bits per heavy atom. The monoisotopic (exact) mass is 483 g/mol. The zero-order chi connectivity index (χ0) is 25.7. The van der Waals surface area contributed by atoms with Crippen molar-refractivity contribution in [3.8, 4) is 22.5 Å². The van der Waals surface area contributed by atoms with Crippen molar-refractivity contribution in [3.05, 3.63) is 84.2 Å². The second-order valence-electron chi connectivity index (χ2n) is 8.62. The van der Waals surface area contributed by atoms with E-state index in [9.17, 15) is 4.79 Å². The second-order valence-corrected chi connectivity index (χ2v) is 8.62. The number of esters is 1. The number of fused-ring (bicyclic) bond motifs is 2. The Labute approximate surface area is 213 Å². The molecule has 1 aliphatic heterocycles. The molecule has 0 bridgehead atoms. The highest BCUT2D eigenvalue weighted by atomic mass is 16.5. The quantitative estimate of drug-likeness (QED) is 0.123. The topological polar surface area (TPSA) is 45.7 Å². The predicted octanol–water partition coefficient (Wildman–Crippen LogP) is 6.21. The van der Waals surface area contributed by atoms with E-state index in [0.29, 0.717) is 5.56 Å². The van der Waals surface area contributed by atoms with Crippen LogP contribution in [-0.2, 0) is 4.74 Å². The Hall–Kier alpha value is -3.86. The minimum Gasteiger partial charge on any atom is -0.458 e. The SMILES string of the molecule is C=CCOC(=O)c1ccccc1-c1c2ccc(=[N+](CC)CC)cc-2oc2cc(N(CC)CC)ccc12. The summed E-state index contributed by atoms with van der Waals surface area (Å²) in [5.74, 6) is 0.417. The van der Waals surface area contributed by atoms with Gasteiger partial charge in [-0.2, -0.15) is 0 Å². The van der Waals surface area contributed by atoms with E-state index in [4.69, 9.17) is 9.15 Å². The fraction of sp³-hybridized carbons (Fsp3) is 0.290. The molecule has 0 atom stereocenters. The summed E-state index contributed by atoms with van der Waals surface area (Å²) < 4.78 is 14.3. The number of hydrogen-bond acceptors (Lipinski definition) is 4. The second kappa shape index (κ2) is 11.3. The lowest BCUT2D eigenvalue weighted by Gasteiger charge is -2.22. The minimum atomic E-state index is -0.368. The summed E-state index contributed by atoms with van der Waals surface area (Å²) in [7, 11) is 0. The van der Waals surface area contributed by atoms with Crippen LogP contribution >= 0.6 is 0 Å². The Kier molecular flexibility index (Phi) is 7.89. The molecule has 1 aliphatic carbocycles.